The summed E-state index contributed by atoms with van der Waals surface area (Å²) in [5.74, 6) is 0. The maximum atomic E-state index is 3.19. The van der Waals surface area contributed by atoms with Gasteiger partial charge < -0.3 is 0 Å². The zero-order chi connectivity index (χ0) is 9.90. The summed E-state index contributed by atoms with van der Waals surface area (Å²) in [5.41, 5.74) is 0. The summed E-state index contributed by atoms with van der Waals surface area (Å²) in [7, 11) is 0. The second-order valence-electron chi connectivity index (χ2n) is 3.49. The van der Waals surface area contributed by atoms with Crippen LogP contribution in [-0.2, 0) is 0 Å². The summed E-state index contributed by atoms with van der Waals surface area (Å²) < 4.78 is 0. The predicted octanol–water partition coefficient (Wildman–Crippen LogP) is 4.37. The molecule has 0 atom stereocenters. The summed E-state index contributed by atoms with van der Waals surface area (Å²) in [6, 6.07) is 0. The minimum Gasteiger partial charge on any atom is -0.0845 e. The molecule has 1 radical (unpaired) electrons. The van der Waals surface area contributed by atoms with E-state index in [1.807, 2.05) is 6.08 Å². The summed E-state index contributed by atoms with van der Waals surface area (Å²) in [5, 5.41) is 0. The van der Waals surface area contributed by atoms with Crippen molar-refractivity contribution in [2.45, 2.75) is 38.5 Å². The van der Waals surface area contributed by atoms with E-state index >= 15 is 0 Å². The fourth-order valence-corrected chi connectivity index (χ4v) is 1.35. The van der Waals surface area contributed by atoms with Crippen molar-refractivity contribution in [1.29, 1.82) is 0 Å². The Kier molecular flexibility index (Phi) is 6.74. The van der Waals surface area contributed by atoms with Crippen LogP contribution in [0.5, 0.6) is 0 Å². The Labute approximate surface area is 87.7 Å². The lowest BCUT2D eigenvalue weighted by atomic mass is 10.1. The highest BCUT2D eigenvalue weighted by Gasteiger charge is 1.83. The molecule has 0 amide bonds. The quantitative estimate of drug-likeness (QED) is 0.528. The first kappa shape index (κ1) is 11.0. The lowest BCUT2D eigenvalue weighted by molar-refractivity contribution is 0.761. The van der Waals surface area contributed by atoms with Gasteiger partial charge in [0.25, 0.3) is 0 Å². The third-order valence-electron chi connectivity index (χ3n) is 2.18. The monoisotopic (exact) mass is 187 g/mol. The molecule has 0 aliphatic heterocycles. The van der Waals surface area contributed by atoms with Gasteiger partial charge in [-0.25, -0.2) is 0 Å². The van der Waals surface area contributed by atoms with Gasteiger partial charge >= 0.3 is 0 Å². The van der Waals surface area contributed by atoms with Gasteiger partial charge in [0.1, 0.15) is 0 Å². The highest BCUT2D eigenvalue weighted by Crippen LogP contribution is 2.03. The molecule has 1 aliphatic carbocycles. The third kappa shape index (κ3) is 6.47. The van der Waals surface area contributed by atoms with Crippen molar-refractivity contribution >= 4 is 0 Å². The van der Waals surface area contributed by atoms with Crippen LogP contribution in [-0.4, -0.2) is 0 Å². The SMILES string of the molecule is [C]1=CCCCCC=CC=CCCC=C1. The van der Waals surface area contributed by atoms with Crippen LogP contribution in [0.4, 0.5) is 0 Å². The first-order chi connectivity index (χ1) is 7.00. The van der Waals surface area contributed by atoms with Gasteiger partial charge in [0, 0.05) is 0 Å². The van der Waals surface area contributed by atoms with Gasteiger partial charge in [-0.2, -0.15) is 0 Å². The molecule has 14 heavy (non-hydrogen) atoms. The number of allylic oxidation sites excluding steroid dienone is 8. The van der Waals surface area contributed by atoms with E-state index < -0.39 is 0 Å². The molecule has 0 heteroatoms. The molecular formula is C14H19. The molecule has 0 N–H and O–H groups in total. The topological polar surface area (TPSA) is 0 Å². The highest BCUT2D eigenvalue weighted by molar-refractivity contribution is 5.03. The van der Waals surface area contributed by atoms with E-state index in [2.05, 4.69) is 42.5 Å². The zero-order valence-corrected chi connectivity index (χ0v) is 8.78. The predicted molar refractivity (Wildman–Crippen MR) is 62.9 cm³/mol. The molecule has 0 aromatic carbocycles. The van der Waals surface area contributed by atoms with Crippen LogP contribution in [0.15, 0.2) is 42.5 Å². The molecule has 0 nitrogen and oxygen atoms in total. The summed E-state index contributed by atoms with van der Waals surface area (Å²) in [6.07, 6.45) is 25.5. The van der Waals surface area contributed by atoms with Gasteiger partial charge in [0.15, 0.2) is 0 Å². The van der Waals surface area contributed by atoms with Gasteiger partial charge in [-0.3, -0.25) is 0 Å². The van der Waals surface area contributed by atoms with Gasteiger partial charge in [0.2, 0.25) is 0 Å². The Hall–Kier alpha value is -1.04. The Morgan fingerprint density at radius 3 is 2.36 bits per heavy atom. The standard InChI is InChI=1S/C14H19/c1-2-4-6-8-10-12-14-13-11-9-7-5-3-1/h1-4,9,11,14H,5-8,10,12H2. The van der Waals surface area contributed by atoms with Crippen molar-refractivity contribution in [3.63, 3.8) is 0 Å². The Morgan fingerprint density at radius 2 is 1.43 bits per heavy atom. The molecule has 0 fully saturated rings. The number of rotatable bonds is 0. The summed E-state index contributed by atoms with van der Waals surface area (Å²) >= 11 is 0. The maximum Gasteiger partial charge on any atom is -0.0230 e. The fourth-order valence-electron chi connectivity index (χ4n) is 1.35. The van der Waals surface area contributed by atoms with E-state index in [0.717, 1.165) is 19.3 Å². The van der Waals surface area contributed by atoms with Crippen LogP contribution < -0.4 is 0 Å². The van der Waals surface area contributed by atoms with Gasteiger partial charge in [-0.15, -0.1) is 0 Å². The molecule has 0 saturated carbocycles. The molecular weight excluding hydrogens is 168 g/mol. The minimum absolute atomic E-state index is 1.12. The lowest BCUT2D eigenvalue weighted by Gasteiger charge is -1.92. The first-order valence-electron chi connectivity index (χ1n) is 5.54. The van der Waals surface area contributed by atoms with E-state index in [-0.39, 0.29) is 0 Å². The molecule has 0 saturated heterocycles. The highest BCUT2D eigenvalue weighted by atomic mass is 13.9. The van der Waals surface area contributed by atoms with Crippen LogP contribution in [0, 0.1) is 6.08 Å². The molecule has 1 aliphatic rings. The average molecular weight is 187 g/mol. The molecule has 75 valence electrons. The Balaban J connectivity index is 2.34. The molecule has 0 spiro atoms. The van der Waals surface area contributed by atoms with Crippen molar-refractivity contribution in [3.8, 4) is 0 Å². The Bertz CT molecular complexity index is 202. The minimum atomic E-state index is 1.12. The second kappa shape index (κ2) is 8.55. The van der Waals surface area contributed by atoms with Crippen LogP contribution in [0.1, 0.15) is 38.5 Å². The first-order valence-corrected chi connectivity index (χ1v) is 5.54. The lowest BCUT2D eigenvalue weighted by Crippen LogP contribution is -1.73. The van der Waals surface area contributed by atoms with Crippen molar-refractivity contribution in [2.24, 2.45) is 0 Å². The van der Waals surface area contributed by atoms with E-state index in [1.165, 1.54) is 19.3 Å². The van der Waals surface area contributed by atoms with Crippen LogP contribution in [0.3, 0.4) is 0 Å². The molecule has 1 rings (SSSR count). The summed E-state index contributed by atoms with van der Waals surface area (Å²) in [4.78, 5) is 0. The van der Waals surface area contributed by atoms with Gasteiger partial charge in [0.05, 0.1) is 0 Å². The van der Waals surface area contributed by atoms with Crippen molar-refractivity contribution < 1.29 is 0 Å². The second-order valence-corrected chi connectivity index (χ2v) is 3.49. The van der Waals surface area contributed by atoms with Crippen LogP contribution in [0.2, 0.25) is 0 Å². The molecule has 0 aromatic rings. The largest absolute Gasteiger partial charge is 0.0845 e. The van der Waals surface area contributed by atoms with E-state index in [9.17, 15) is 0 Å². The average Bonchev–Trinajstić information content (AvgIpc) is 2.22. The maximum absolute atomic E-state index is 3.19. The fraction of sp³-hybridized carbons (Fsp3) is 0.429. The van der Waals surface area contributed by atoms with E-state index in [1.54, 1.807) is 0 Å². The molecule has 0 aromatic heterocycles. The van der Waals surface area contributed by atoms with E-state index in [4.69, 9.17) is 0 Å². The smallest absolute Gasteiger partial charge is 0.0230 e. The normalized spacial score (nSPS) is 19.4. The Morgan fingerprint density at radius 1 is 0.714 bits per heavy atom. The molecule has 0 bridgehead atoms. The molecule has 0 unspecified atom stereocenters. The zero-order valence-electron chi connectivity index (χ0n) is 8.78. The number of hydrogen-bond acceptors (Lipinski definition) is 0. The number of hydrogen-bond donors (Lipinski definition) is 0. The van der Waals surface area contributed by atoms with Crippen molar-refractivity contribution in [2.75, 3.05) is 0 Å². The third-order valence-corrected chi connectivity index (χ3v) is 2.18. The van der Waals surface area contributed by atoms with Crippen LogP contribution in [0.25, 0.3) is 0 Å². The molecule has 0 heterocycles. The summed E-state index contributed by atoms with van der Waals surface area (Å²) in [6.45, 7) is 0. The van der Waals surface area contributed by atoms with Gasteiger partial charge in [-0.1, -0.05) is 42.5 Å². The van der Waals surface area contributed by atoms with Crippen molar-refractivity contribution in [1.82, 2.24) is 0 Å². The van der Waals surface area contributed by atoms with Crippen LogP contribution >= 0.6 is 0 Å². The van der Waals surface area contributed by atoms with Gasteiger partial charge in [-0.05, 0) is 44.6 Å². The van der Waals surface area contributed by atoms with Crippen molar-refractivity contribution in [3.05, 3.63) is 48.6 Å². The van der Waals surface area contributed by atoms with E-state index in [0.29, 0.717) is 0 Å².